The maximum atomic E-state index is 12.9. The van der Waals surface area contributed by atoms with Gasteiger partial charge in [0.15, 0.2) is 5.96 Å². The average molecular weight is 516 g/mol. The van der Waals surface area contributed by atoms with Gasteiger partial charge in [0.1, 0.15) is 17.8 Å². The highest BCUT2D eigenvalue weighted by atomic mass is 127. The smallest absolute Gasteiger partial charge is 0.319 e. The minimum absolute atomic E-state index is 0. The highest BCUT2D eigenvalue weighted by Crippen LogP contribution is 2.19. The lowest BCUT2D eigenvalue weighted by atomic mass is 10.1. The van der Waals surface area contributed by atoms with Crippen LogP contribution >= 0.6 is 24.0 Å². The highest BCUT2D eigenvalue weighted by molar-refractivity contribution is 14.0. The molecule has 0 aliphatic carbocycles. The van der Waals surface area contributed by atoms with Crippen molar-refractivity contribution in [2.24, 2.45) is 4.99 Å². The molecular weight excluding hydrogens is 493 g/mol. The molecule has 0 saturated heterocycles. The fourth-order valence-electron chi connectivity index (χ4n) is 2.53. The number of hydrogen-bond donors (Lipinski definition) is 2. The minimum Gasteiger partial charge on any atom is -0.444 e. The number of aliphatic imine (C=N–C) groups is 1. The number of nitrogens with zero attached hydrogens (tertiary/aromatic N) is 4. The van der Waals surface area contributed by atoms with Gasteiger partial charge in [-0.2, -0.15) is 8.78 Å². The van der Waals surface area contributed by atoms with E-state index in [-0.39, 0.29) is 42.9 Å². The van der Waals surface area contributed by atoms with Gasteiger partial charge in [0, 0.05) is 24.5 Å². The minimum atomic E-state index is -2.63. The van der Waals surface area contributed by atoms with E-state index in [1.165, 1.54) is 12.4 Å². The second-order valence-corrected chi connectivity index (χ2v) is 6.09. The molecular formula is C19H23F2IN6O. The molecule has 3 rings (SSSR count). The quantitative estimate of drug-likeness (QED) is 0.281. The predicted molar refractivity (Wildman–Crippen MR) is 117 cm³/mol. The van der Waals surface area contributed by atoms with Gasteiger partial charge in [0.25, 0.3) is 0 Å². The first kappa shape index (κ1) is 22.8. The normalized spacial score (nSPS) is 11.4. The Hall–Kier alpha value is -2.50. The van der Waals surface area contributed by atoms with Crippen LogP contribution in [0.5, 0.6) is 0 Å². The van der Waals surface area contributed by atoms with E-state index in [1.54, 1.807) is 6.26 Å². The van der Waals surface area contributed by atoms with E-state index in [0.717, 1.165) is 15.7 Å². The second-order valence-electron chi connectivity index (χ2n) is 6.09. The monoisotopic (exact) mass is 516 g/mol. The van der Waals surface area contributed by atoms with E-state index in [0.29, 0.717) is 24.1 Å². The summed E-state index contributed by atoms with van der Waals surface area (Å²) in [4.78, 5) is 12.8. The SMILES string of the molecule is CCNC(=NCc1coc(-c2ccc(C)cc2)n1)NCc1nccn1C(F)F.I. The van der Waals surface area contributed by atoms with E-state index in [2.05, 4.69) is 25.6 Å². The Kier molecular flexibility index (Phi) is 8.55. The Bertz CT molecular complexity index is 923. The van der Waals surface area contributed by atoms with Gasteiger partial charge in [0.05, 0.1) is 13.1 Å². The lowest BCUT2D eigenvalue weighted by Gasteiger charge is -2.11. The Labute approximate surface area is 184 Å². The first-order valence-electron chi connectivity index (χ1n) is 8.90. The maximum absolute atomic E-state index is 12.9. The number of aryl methyl sites for hydroxylation is 1. The van der Waals surface area contributed by atoms with Gasteiger partial charge in [-0.25, -0.2) is 15.0 Å². The first-order valence-corrected chi connectivity index (χ1v) is 8.90. The van der Waals surface area contributed by atoms with Gasteiger partial charge in [-0.1, -0.05) is 17.7 Å². The molecule has 0 aliphatic rings. The Balaban J connectivity index is 0.00000300. The topological polar surface area (TPSA) is 80.3 Å². The van der Waals surface area contributed by atoms with E-state index < -0.39 is 6.55 Å². The number of nitrogens with one attached hydrogen (secondary N) is 2. The van der Waals surface area contributed by atoms with Gasteiger partial charge in [-0.05, 0) is 26.0 Å². The summed E-state index contributed by atoms with van der Waals surface area (Å²) in [5, 5.41) is 6.06. The zero-order valence-corrected chi connectivity index (χ0v) is 18.4. The number of oxazole rings is 1. The van der Waals surface area contributed by atoms with Crippen molar-refractivity contribution < 1.29 is 13.2 Å². The molecule has 2 aromatic heterocycles. The number of hydrogen-bond acceptors (Lipinski definition) is 4. The molecule has 156 valence electrons. The third-order valence-corrected chi connectivity index (χ3v) is 3.97. The number of guanidine groups is 1. The highest BCUT2D eigenvalue weighted by Gasteiger charge is 2.12. The fraction of sp³-hybridized carbons (Fsp3) is 0.316. The van der Waals surface area contributed by atoms with Crippen molar-refractivity contribution in [2.75, 3.05) is 6.54 Å². The average Bonchev–Trinajstić information content (AvgIpc) is 3.34. The number of halogens is 3. The summed E-state index contributed by atoms with van der Waals surface area (Å²) in [7, 11) is 0. The molecule has 2 N–H and O–H groups in total. The number of aromatic nitrogens is 3. The van der Waals surface area contributed by atoms with Crippen LogP contribution in [-0.2, 0) is 13.1 Å². The summed E-state index contributed by atoms with van der Waals surface area (Å²) < 4.78 is 32.1. The molecule has 0 spiro atoms. The lowest BCUT2D eigenvalue weighted by Crippen LogP contribution is -2.37. The summed E-state index contributed by atoms with van der Waals surface area (Å²) in [5.41, 5.74) is 2.72. The van der Waals surface area contributed by atoms with Crippen molar-refractivity contribution in [1.29, 1.82) is 0 Å². The largest absolute Gasteiger partial charge is 0.444 e. The summed E-state index contributed by atoms with van der Waals surface area (Å²) in [6, 6.07) is 7.89. The first-order chi connectivity index (χ1) is 13.6. The van der Waals surface area contributed by atoms with Crippen molar-refractivity contribution in [3.05, 3.63) is 60.0 Å². The standard InChI is InChI=1S/C19H22F2N6O.HI/c1-3-22-19(25-11-16-23-8-9-27(16)18(20)21)24-10-15-12-28-17(26-15)14-6-4-13(2)5-7-14;/h4-9,12,18H,3,10-11H2,1-2H3,(H2,22,24,25);1H. The number of rotatable bonds is 7. The van der Waals surface area contributed by atoms with Crippen LogP contribution in [0.3, 0.4) is 0 Å². The van der Waals surface area contributed by atoms with Crippen molar-refractivity contribution >= 4 is 29.9 Å². The zero-order chi connectivity index (χ0) is 19.9. The van der Waals surface area contributed by atoms with Crippen molar-refractivity contribution in [3.8, 4) is 11.5 Å². The van der Waals surface area contributed by atoms with Crippen LogP contribution in [0.2, 0.25) is 0 Å². The third-order valence-electron chi connectivity index (χ3n) is 3.97. The molecule has 0 unspecified atom stereocenters. The summed E-state index contributed by atoms with van der Waals surface area (Å²) in [5.74, 6) is 1.23. The predicted octanol–water partition coefficient (Wildman–Crippen LogP) is 4.11. The van der Waals surface area contributed by atoms with Gasteiger partial charge in [-0.15, -0.1) is 24.0 Å². The van der Waals surface area contributed by atoms with Crippen molar-refractivity contribution in [1.82, 2.24) is 25.2 Å². The number of alkyl halides is 2. The molecule has 0 amide bonds. The molecule has 2 heterocycles. The van der Waals surface area contributed by atoms with Gasteiger partial charge >= 0.3 is 6.55 Å². The molecule has 0 radical (unpaired) electrons. The van der Waals surface area contributed by atoms with Crippen LogP contribution in [0.4, 0.5) is 8.78 Å². The molecule has 10 heteroatoms. The Morgan fingerprint density at radius 3 is 2.69 bits per heavy atom. The van der Waals surface area contributed by atoms with Crippen molar-refractivity contribution in [2.45, 2.75) is 33.5 Å². The van der Waals surface area contributed by atoms with Gasteiger partial charge < -0.3 is 15.1 Å². The Morgan fingerprint density at radius 1 is 1.24 bits per heavy atom. The summed E-state index contributed by atoms with van der Waals surface area (Å²) in [6.45, 7) is 2.34. The fourth-order valence-corrected chi connectivity index (χ4v) is 2.53. The number of benzene rings is 1. The number of imidazole rings is 1. The van der Waals surface area contributed by atoms with Crippen LogP contribution in [0.1, 0.15) is 30.6 Å². The zero-order valence-electron chi connectivity index (χ0n) is 16.1. The molecule has 0 bridgehead atoms. The molecule has 3 aromatic rings. The van der Waals surface area contributed by atoms with Crippen LogP contribution in [0.15, 0.2) is 52.3 Å². The second kappa shape index (κ2) is 10.9. The van der Waals surface area contributed by atoms with E-state index in [1.807, 2.05) is 38.1 Å². The van der Waals surface area contributed by atoms with Crippen LogP contribution < -0.4 is 10.6 Å². The van der Waals surface area contributed by atoms with Crippen LogP contribution in [-0.4, -0.2) is 27.0 Å². The van der Waals surface area contributed by atoms with Crippen LogP contribution in [0, 0.1) is 6.92 Å². The molecule has 0 aliphatic heterocycles. The van der Waals surface area contributed by atoms with E-state index in [9.17, 15) is 8.78 Å². The van der Waals surface area contributed by atoms with E-state index >= 15 is 0 Å². The van der Waals surface area contributed by atoms with Gasteiger partial charge in [-0.3, -0.25) is 4.57 Å². The molecule has 7 nitrogen and oxygen atoms in total. The summed E-state index contributed by atoms with van der Waals surface area (Å²) in [6.07, 6.45) is 4.15. The van der Waals surface area contributed by atoms with Crippen LogP contribution in [0.25, 0.3) is 11.5 Å². The molecule has 0 fully saturated rings. The molecule has 29 heavy (non-hydrogen) atoms. The Morgan fingerprint density at radius 2 is 2.00 bits per heavy atom. The third kappa shape index (κ3) is 6.24. The molecule has 0 atom stereocenters. The lowest BCUT2D eigenvalue weighted by molar-refractivity contribution is 0.0668. The van der Waals surface area contributed by atoms with Gasteiger partial charge in [0.2, 0.25) is 5.89 Å². The summed E-state index contributed by atoms with van der Waals surface area (Å²) >= 11 is 0. The molecule has 0 saturated carbocycles. The molecule has 1 aromatic carbocycles. The maximum Gasteiger partial charge on any atom is 0.319 e. The van der Waals surface area contributed by atoms with E-state index in [4.69, 9.17) is 4.42 Å². The van der Waals surface area contributed by atoms with Crippen molar-refractivity contribution in [3.63, 3.8) is 0 Å².